The zero-order chi connectivity index (χ0) is 26.0. The second-order valence-electron chi connectivity index (χ2n) is 9.17. The van der Waals surface area contributed by atoms with E-state index in [0.29, 0.717) is 11.9 Å². The molecule has 3 aromatic rings. The highest BCUT2D eigenvalue weighted by Crippen LogP contribution is 2.20. The minimum atomic E-state index is -0.293. The normalized spacial score (nSPS) is 13.9. The van der Waals surface area contributed by atoms with Crippen molar-refractivity contribution in [3.8, 4) is 5.75 Å². The molecule has 1 saturated heterocycles. The number of ether oxygens (including phenoxy) is 1. The average molecular weight is 506 g/mol. The van der Waals surface area contributed by atoms with Gasteiger partial charge in [-0.1, -0.05) is 18.2 Å². The molecule has 9 heteroatoms. The van der Waals surface area contributed by atoms with Gasteiger partial charge in [-0.25, -0.2) is 0 Å². The molecule has 0 spiro atoms. The predicted molar refractivity (Wildman–Crippen MR) is 145 cm³/mol. The van der Waals surface area contributed by atoms with Crippen molar-refractivity contribution < 1.29 is 14.3 Å². The largest absolute Gasteiger partial charge is 0.497 e. The number of carbonyl (C=O) groups excluding carboxylic acids is 2. The van der Waals surface area contributed by atoms with Crippen molar-refractivity contribution in [2.45, 2.75) is 19.4 Å². The van der Waals surface area contributed by atoms with Crippen LogP contribution in [0.5, 0.6) is 5.75 Å². The van der Waals surface area contributed by atoms with Gasteiger partial charge in [0.25, 0.3) is 5.56 Å². The number of methoxy groups -OCH3 is 1. The fraction of sp³-hybridized carbons (Fsp3) is 0.393. The highest BCUT2D eigenvalue weighted by molar-refractivity contribution is 5.82. The lowest BCUT2D eigenvalue weighted by atomic mass is 10.2. The Bertz CT molecular complexity index is 1250. The van der Waals surface area contributed by atoms with Crippen molar-refractivity contribution in [3.63, 3.8) is 0 Å². The smallest absolute Gasteiger partial charge is 0.258 e. The van der Waals surface area contributed by atoms with Crippen LogP contribution in [0.1, 0.15) is 12.8 Å². The fourth-order valence-corrected chi connectivity index (χ4v) is 4.52. The summed E-state index contributed by atoms with van der Waals surface area (Å²) in [6.07, 6.45) is 2.71. The third kappa shape index (κ3) is 7.33. The Balaban J connectivity index is 1.07. The molecule has 9 nitrogen and oxygen atoms in total. The van der Waals surface area contributed by atoms with Crippen molar-refractivity contribution in [2.24, 2.45) is 0 Å². The van der Waals surface area contributed by atoms with Crippen LogP contribution in [0.2, 0.25) is 0 Å². The van der Waals surface area contributed by atoms with Gasteiger partial charge >= 0.3 is 0 Å². The number of piperazine rings is 1. The van der Waals surface area contributed by atoms with E-state index in [4.69, 9.17) is 4.74 Å². The van der Waals surface area contributed by atoms with Crippen LogP contribution in [0, 0.1) is 0 Å². The predicted octanol–water partition coefficient (Wildman–Crippen LogP) is 1.84. The van der Waals surface area contributed by atoms with Crippen LogP contribution in [0.3, 0.4) is 0 Å². The fourth-order valence-electron chi connectivity index (χ4n) is 4.52. The first-order valence-corrected chi connectivity index (χ1v) is 12.8. The molecule has 0 radical (unpaired) electrons. The van der Waals surface area contributed by atoms with Crippen LogP contribution in [-0.4, -0.2) is 74.2 Å². The molecule has 2 aromatic carbocycles. The Hall–Kier alpha value is -3.85. The summed E-state index contributed by atoms with van der Waals surface area (Å²) in [5.74, 6) is 0.483. The summed E-state index contributed by atoms with van der Waals surface area (Å²) in [6.45, 7) is 5.65. The molecule has 0 atom stereocenters. The maximum absolute atomic E-state index is 12.5. The van der Waals surface area contributed by atoms with Gasteiger partial charge in [0, 0.05) is 63.0 Å². The van der Waals surface area contributed by atoms with E-state index in [1.807, 2.05) is 30.3 Å². The molecule has 37 heavy (non-hydrogen) atoms. The van der Waals surface area contributed by atoms with Crippen LogP contribution in [0.25, 0.3) is 10.8 Å². The van der Waals surface area contributed by atoms with E-state index >= 15 is 0 Å². The lowest BCUT2D eigenvalue weighted by Gasteiger charge is -2.36. The number of amides is 2. The molecule has 1 aliphatic heterocycles. The number of benzene rings is 2. The molecule has 0 bridgehead atoms. The Morgan fingerprint density at radius 3 is 2.38 bits per heavy atom. The highest BCUT2D eigenvalue weighted by Gasteiger charge is 2.17. The molecule has 0 saturated carbocycles. The van der Waals surface area contributed by atoms with Gasteiger partial charge < -0.3 is 24.8 Å². The van der Waals surface area contributed by atoms with E-state index < -0.39 is 0 Å². The number of rotatable bonds is 11. The van der Waals surface area contributed by atoms with Gasteiger partial charge in [0.05, 0.1) is 7.11 Å². The van der Waals surface area contributed by atoms with Crippen molar-refractivity contribution in [2.75, 3.05) is 57.8 Å². The number of fused-ring (bicyclic) bond motifs is 1. The lowest BCUT2D eigenvalue weighted by Crippen LogP contribution is -2.47. The molecule has 2 heterocycles. The molecule has 4 rings (SSSR count). The number of pyridine rings is 1. The molecule has 0 unspecified atom stereocenters. The first-order valence-electron chi connectivity index (χ1n) is 12.8. The van der Waals surface area contributed by atoms with Crippen LogP contribution in [0.4, 0.5) is 5.69 Å². The van der Waals surface area contributed by atoms with Gasteiger partial charge in [-0.3, -0.25) is 19.3 Å². The summed E-state index contributed by atoms with van der Waals surface area (Å²) in [5.41, 5.74) is 1.01. The quantitative estimate of drug-likeness (QED) is 0.386. The minimum Gasteiger partial charge on any atom is -0.497 e. The molecule has 2 N–H and O–H groups in total. The number of anilines is 1. The number of nitrogens with one attached hydrogen (secondary N) is 2. The van der Waals surface area contributed by atoms with E-state index in [0.717, 1.165) is 50.3 Å². The van der Waals surface area contributed by atoms with Crippen molar-refractivity contribution in [1.29, 1.82) is 0 Å². The van der Waals surface area contributed by atoms with E-state index in [1.54, 1.807) is 25.4 Å². The van der Waals surface area contributed by atoms with Crippen molar-refractivity contribution >= 4 is 28.3 Å². The molecular weight excluding hydrogens is 470 g/mol. The van der Waals surface area contributed by atoms with E-state index in [9.17, 15) is 14.4 Å². The SMILES string of the molecule is COc1ccc(N2CCN(CCCNC(=O)CCNC(=O)Cn3ccc4ccccc4c3=O)CC2)cc1. The molecule has 1 aromatic heterocycles. The van der Waals surface area contributed by atoms with Crippen LogP contribution in [0.15, 0.2) is 65.6 Å². The summed E-state index contributed by atoms with van der Waals surface area (Å²) in [7, 11) is 1.67. The first-order chi connectivity index (χ1) is 18.0. The molecule has 2 amide bonds. The molecular formula is C28H35N5O4. The zero-order valence-electron chi connectivity index (χ0n) is 21.3. The maximum Gasteiger partial charge on any atom is 0.258 e. The molecule has 1 aliphatic rings. The summed E-state index contributed by atoms with van der Waals surface area (Å²) >= 11 is 0. The number of hydrogen-bond acceptors (Lipinski definition) is 6. The number of aromatic nitrogens is 1. The molecule has 0 aliphatic carbocycles. The highest BCUT2D eigenvalue weighted by atomic mass is 16.5. The van der Waals surface area contributed by atoms with Gasteiger partial charge in [-0.05, 0) is 54.8 Å². The van der Waals surface area contributed by atoms with Crippen LogP contribution >= 0.6 is 0 Å². The first kappa shape index (κ1) is 26.2. The monoisotopic (exact) mass is 505 g/mol. The number of nitrogens with zero attached hydrogens (tertiary/aromatic N) is 3. The van der Waals surface area contributed by atoms with E-state index in [-0.39, 0.29) is 36.9 Å². The zero-order valence-corrected chi connectivity index (χ0v) is 21.3. The van der Waals surface area contributed by atoms with E-state index in [2.05, 4.69) is 32.6 Å². The third-order valence-electron chi connectivity index (χ3n) is 6.66. The Labute approximate surface area is 217 Å². The third-order valence-corrected chi connectivity index (χ3v) is 6.66. The van der Waals surface area contributed by atoms with Crippen molar-refractivity contribution in [1.82, 2.24) is 20.1 Å². The van der Waals surface area contributed by atoms with Crippen LogP contribution < -0.4 is 25.8 Å². The Kier molecular flexibility index (Phi) is 9.15. The van der Waals surface area contributed by atoms with Gasteiger partial charge in [-0.15, -0.1) is 0 Å². The Morgan fingerprint density at radius 2 is 1.62 bits per heavy atom. The molecule has 196 valence electrons. The lowest BCUT2D eigenvalue weighted by molar-refractivity contribution is -0.122. The number of hydrogen-bond donors (Lipinski definition) is 2. The molecule has 1 fully saturated rings. The summed E-state index contributed by atoms with van der Waals surface area (Å²) in [5, 5.41) is 7.07. The summed E-state index contributed by atoms with van der Waals surface area (Å²) in [6, 6.07) is 17.3. The Morgan fingerprint density at radius 1 is 0.892 bits per heavy atom. The second kappa shape index (κ2) is 12.9. The minimum absolute atomic E-state index is 0.0724. The summed E-state index contributed by atoms with van der Waals surface area (Å²) < 4.78 is 6.61. The van der Waals surface area contributed by atoms with Crippen molar-refractivity contribution in [3.05, 3.63) is 71.1 Å². The van der Waals surface area contributed by atoms with Gasteiger partial charge in [0.15, 0.2) is 0 Å². The van der Waals surface area contributed by atoms with Crippen LogP contribution in [-0.2, 0) is 16.1 Å². The standard InChI is InChI=1S/C28H35N5O4/c1-37-24-9-7-23(8-10-24)32-19-17-31(18-20-32)15-4-13-29-26(34)11-14-30-27(35)21-33-16-12-22-5-2-3-6-25(22)28(33)36/h2-3,5-10,12,16H,4,11,13-15,17-21H2,1H3,(H,29,34)(H,30,35). The number of carbonyl (C=O) groups is 2. The van der Waals surface area contributed by atoms with Gasteiger partial charge in [0.1, 0.15) is 12.3 Å². The average Bonchev–Trinajstić information content (AvgIpc) is 2.93. The second-order valence-corrected chi connectivity index (χ2v) is 9.17. The van der Waals surface area contributed by atoms with Gasteiger partial charge in [-0.2, -0.15) is 0 Å². The van der Waals surface area contributed by atoms with E-state index in [1.165, 1.54) is 10.3 Å². The van der Waals surface area contributed by atoms with Gasteiger partial charge in [0.2, 0.25) is 11.8 Å². The topological polar surface area (TPSA) is 95.9 Å². The summed E-state index contributed by atoms with van der Waals surface area (Å²) in [4.78, 5) is 41.7. The maximum atomic E-state index is 12.5.